The van der Waals surface area contributed by atoms with Crippen molar-refractivity contribution >= 4 is 41.8 Å². The number of hydrogen-bond acceptors (Lipinski definition) is 7. The maximum atomic E-state index is 12.8. The monoisotopic (exact) mass is 511 g/mol. The molecule has 9 nitrogen and oxygen atoms in total. The molecule has 3 rings (SSSR count). The van der Waals surface area contributed by atoms with Gasteiger partial charge in [0.25, 0.3) is 0 Å². The number of rotatable bonds is 8. The van der Waals surface area contributed by atoms with E-state index in [2.05, 4.69) is 15.5 Å². The van der Waals surface area contributed by atoms with Gasteiger partial charge < -0.3 is 0 Å². The van der Waals surface area contributed by atoms with Gasteiger partial charge in [0.2, 0.25) is 0 Å². The van der Waals surface area contributed by atoms with Crippen LogP contribution < -0.4 is 9.67 Å². The van der Waals surface area contributed by atoms with Crippen LogP contribution in [0, 0.1) is 0 Å². The Bertz CT molecular complexity index is 1180. The summed E-state index contributed by atoms with van der Waals surface area (Å²) in [5.41, 5.74) is 1.73. The zero-order valence-electron chi connectivity index (χ0n) is 17.7. The molecule has 0 bridgehead atoms. The first-order chi connectivity index (χ1) is 15.7. The number of phenols is 1. The van der Waals surface area contributed by atoms with Gasteiger partial charge in [0.1, 0.15) is 0 Å². The van der Waals surface area contributed by atoms with Crippen LogP contribution in [0.4, 0.5) is 11.4 Å². The third kappa shape index (κ3) is 7.17. The molecule has 3 N–H and O–H groups in total. The number of nitrogens with zero attached hydrogens (tertiary/aromatic N) is 2. The zero-order chi connectivity index (χ0) is 23.8. The minimum absolute atomic E-state index is 0.0211. The van der Waals surface area contributed by atoms with Gasteiger partial charge in [-0.3, -0.25) is 0 Å². The predicted molar refractivity (Wildman–Crippen MR) is 121 cm³/mol. The SMILES string of the molecule is CC(=O)N[C@@H](Cc1ccc(O)cc1)C(=O)O[As](=O)(O)c1ccc(N=Nc2ccccc2)cc1. The number of amides is 1. The van der Waals surface area contributed by atoms with E-state index in [9.17, 15) is 22.5 Å². The van der Waals surface area contributed by atoms with Crippen molar-refractivity contribution in [3.63, 3.8) is 0 Å². The third-order valence-corrected chi connectivity index (χ3v) is 7.36. The Morgan fingerprint density at radius 3 is 2.09 bits per heavy atom. The molecule has 3 aromatic carbocycles. The van der Waals surface area contributed by atoms with E-state index in [4.69, 9.17) is 3.73 Å². The normalized spacial score (nSPS) is 13.8. The first-order valence-corrected chi connectivity index (χ1v) is 13.2. The summed E-state index contributed by atoms with van der Waals surface area (Å²) in [4.78, 5) is 24.2. The molecule has 0 radical (unpaired) electrons. The fourth-order valence-electron chi connectivity index (χ4n) is 2.86. The fraction of sp³-hybridized carbons (Fsp3) is 0.130. The van der Waals surface area contributed by atoms with Crippen molar-refractivity contribution < 1.29 is 26.3 Å². The molecule has 2 atom stereocenters. The minimum atomic E-state index is -5.25. The van der Waals surface area contributed by atoms with Crippen LogP contribution in [0.15, 0.2) is 89.1 Å². The van der Waals surface area contributed by atoms with E-state index >= 15 is 0 Å². The number of carbonyl (C=O) groups is 2. The van der Waals surface area contributed by atoms with Crippen molar-refractivity contribution in [2.24, 2.45) is 10.2 Å². The van der Waals surface area contributed by atoms with Gasteiger partial charge in [-0.15, -0.1) is 0 Å². The average Bonchev–Trinajstić information content (AvgIpc) is 2.79. The van der Waals surface area contributed by atoms with Gasteiger partial charge in [-0.25, -0.2) is 0 Å². The first-order valence-electron chi connectivity index (χ1n) is 9.91. The van der Waals surface area contributed by atoms with Gasteiger partial charge in [-0.2, -0.15) is 0 Å². The molecule has 1 amide bonds. The van der Waals surface area contributed by atoms with Crippen LogP contribution in [0.3, 0.4) is 0 Å². The van der Waals surface area contributed by atoms with E-state index in [0.29, 0.717) is 16.9 Å². The number of phenolic OH excluding ortho intramolecular Hbond substituents is 1. The van der Waals surface area contributed by atoms with Crippen LogP contribution in [-0.4, -0.2) is 41.3 Å². The molecule has 0 heterocycles. The van der Waals surface area contributed by atoms with Gasteiger partial charge in [-0.1, -0.05) is 0 Å². The second-order valence-electron chi connectivity index (χ2n) is 7.11. The average molecular weight is 511 g/mol. The van der Waals surface area contributed by atoms with Gasteiger partial charge in [0.05, 0.1) is 0 Å². The first kappa shape index (κ1) is 24.0. The molecular formula is C23H22AsN3O6. The molecule has 170 valence electrons. The van der Waals surface area contributed by atoms with E-state index in [-0.39, 0.29) is 16.5 Å². The van der Waals surface area contributed by atoms with Crippen molar-refractivity contribution in [1.29, 1.82) is 0 Å². The standard InChI is InChI=1S/C23H22AsN3O6/c1-16(28)25-22(15-17-7-13-21(29)14-8-17)23(30)33-24(31,32)18-9-11-20(12-10-18)27-26-19-5-3-2-4-6-19/h2-14,22,29H,15H2,1H3,(H,25,28)(H,31,32)/t22-/m0/s1. The summed E-state index contributed by atoms with van der Waals surface area (Å²) in [6, 6.07) is 19.6. The number of aromatic hydroxyl groups is 1. The topological polar surface area (TPSA) is 138 Å². The number of hydrogen-bond donors (Lipinski definition) is 3. The van der Waals surface area contributed by atoms with Crippen molar-refractivity contribution in [2.45, 2.75) is 19.4 Å². The molecule has 0 aliphatic heterocycles. The number of carbonyl (C=O) groups excluding carboxylic acids is 2. The summed E-state index contributed by atoms with van der Waals surface area (Å²) < 4.78 is 28.1. The van der Waals surface area contributed by atoms with E-state index in [0.717, 1.165) is 0 Å². The van der Waals surface area contributed by atoms with E-state index in [1.165, 1.54) is 43.3 Å². The van der Waals surface area contributed by atoms with E-state index in [1.807, 2.05) is 18.2 Å². The molecule has 0 aliphatic carbocycles. The van der Waals surface area contributed by atoms with Crippen LogP contribution in [-0.2, 0) is 23.5 Å². The number of benzene rings is 3. The molecule has 33 heavy (non-hydrogen) atoms. The van der Waals surface area contributed by atoms with Crippen LogP contribution in [0.1, 0.15) is 12.5 Å². The Hall–Kier alpha value is -3.68. The Kier molecular flexibility index (Phi) is 7.82. The van der Waals surface area contributed by atoms with Crippen molar-refractivity contribution in [2.75, 3.05) is 0 Å². The van der Waals surface area contributed by atoms with Crippen molar-refractivity contribution in [1.82, 2.24) is 5.32 Å². The van der Waals surface area contributed by atoms with Crippen LogP contribution in [0.5, 0.6) is 5.75 Å². The van der Waals surface area contributed by atoms with Gasteiger partial charge in [0, 0.05) is 0 Å². The van der Waals surface area contributed by atoms with Crippen molar-refractivity contribution in [3.05, 3.63) is 84.4 Å². The second-order valence-corrected chi connectivity index (χ2v) is 10.8. The molecule has 3 aromatic rings. The summed E-state index contributed by atoms with van der Waals surface area (Å²) in [7, 11) is 0. The van der Waals surface area contributed by atoms with E-state index in [1.54, 1.807) is 24.3 Å². The Balaban J connectivity index is 1.70. The maximum absolute atomic E-state index is 12.8. The van der Waals surface area contributed by atoms with Gasteiger partial charge in [0.15, 0.2) is 0 Å². The number of azo groups is 1. The molecule has 10 heteroatoms. The Labute approximate surface area is 193 Å². The predicted octanol–water partition coefficient (Wildman–Crippen LogP) is 2.67. The fourth-order valence-corrected chi connectivity index (χ4v) is 4.97. The molecule has 0 fully saturated rings. The van der Waals surface area contributed by atoms with Gasteiger partial charge >= 0.3 is 193 Å². The molecule has 0 saturated heterocycles. The van der Waals surface area contributed by atoms with Crippen LogP contribution in [0.2, 0.25) is 0 Å². The quantitative estimate of drug-likeness (QED) is 0.314. The third-order valence-electron chi connectivity index (χ3n) is 4.47. The second kappa shape index (κ2) is 10.8. The van der Waals surface area contributed by atoms with Gasteiger partial charge in [-0.05, 0) is 0 Å². The Morgan fingerprint density at radius 2 is 1.52 bits per heavy atom. The summed E-state index contributed by atoms with van der Waals surface area (Å²) in [5, 5.41) is 20.0. The number of nitrogens with one attached hydrogen (secondary N) is 1. The van der Waals surface area contributed by atoms with Crippen molar-refractivity contribution in [3.8, 4) is 5.75 Å². The summed E-state index contributed by atoms with van der Waals surface area (Å²) >= 11 is -5.25. The summed E-state index contributed by atoms with van der Waals surface area (Å²) in [5.74, 6) is -1.48. The van der Waals surface area contributed by atoms with E-state index < -0.39 is 32.1 Å². The molecule has 0 saturated carbocycles. The molecular weight excluding hydrogens is 489 g/mol. The molecule has 0 spiro atoms. The van der Waals surface area contributed by atoms with Crippen LogP contribution in [0.25, 0.3) is 0 Å². The molecule has 0 aliphatic rings. The van der Waals surface area contributed by atoms with Crippen LogP contribution >= 0.6 is 0 Å². The molecule has 0 aromatic heterocycles. The summed E-state index contributed by atoms with van der Waals surface area (Å²) in [6.45, 7) is 1.23. The Morgan fingerprint density at radius 1 is 0.939 bits per heavy atom. The zero-order valence-corrected chi connectivity index (χ0v) is 19.5. The molecule has 1 unspecified atom stereocenters. The summed E-state index contributed by atoms with van der Waals surface area (Å²) in [6.07, 6.45) is 0.0211.